The van der Waals surface area contributed by atoms with Gasteiger partial charge in [0, 0.05) is 71.1 Å². The topological polar surface area (TPSA) is 106 Å². The van der Waals surface area contributed by atoms with Gasteiger partial charge in [0.25, 0.3) is 17.8 Å². The van der Waals surface area contributed by atoms with Crippen LogP contribution in [-0.4, -0.2) is 35.4 Å². The largest absolute Gasteiger partial charge is 0.772 e. The lowest BCUT2D eigenvalue weighted by Crippen LogP contribution is -2.25. The molecule has 1 aromatic rings. The Balaban J connectivity index is 3.04. The zero-order valence-electron chi connectivity index (χ0n) is 9.62. The SMILES string of the molecule is O=C(CCS(=O)[O-])N(Cl)c1nc(N(Cl)Cl)nc(N(Cl)Cl)n1. The van der Waals surface area contributed by atoms with Crippen LogP contribution in [0.25, 0.3) is 0 Å². The normalized spacial score (nSPS) is 11.9. The highest BCUT2D eigenvalue weighted by Gasteiger charge is 2.21. The van der Waals surface area contributed by atoms with Crippen LogP contribution in [0.3, 0.4) is 0 Å². The van der Waals surface area contributed by atoms with E-state index in [-0.39, 0.29) is 18.3 Å². The minimum absolute atomic E-state index is 0.310. The van der Waals surface area contributed by atoms with Gasteiger partial charge < -0.3 is 4.55 Å². The van der Waals surface area contributed by atoms with E-state index in [0.717, 1.165) is 0 Å². The molecule has 0 saturated heterocycles. The first-order valence-corrected chi connectivity index (χ1v) is 7.70. The van der Waals surface area contributed by atoms with Gasteiger partial charge in [-0.3, -0.25) is 9.00 Å². The van der Waals surface area contributed by atoms with E-state index in [2.05, 4.69) is 15.0 Å². The Kier molecular flexibility index (Phi) is 7.40. The molecule has 1 atom stereocenters. The summed E-state index contributed by atoms with van der Waals surface area (Å²) >= 11 is 25.1. The van der Waals surface area contributed by atoms with Gasteiger partial charge in [-0.15, -0.1) is 0 Å². The van der Waals surface area contributed by atoms with Crippen LogP contribution in [-0.2, 0) is 15.9 Å². The fraction of sp³-hybridized carbons (Fsp3) is 0.333. The lowest BCUT2D eigenvalue weighted by Gasteiger charge is -2.15. The van der Waals surface area contributed by atoms with Crippen molar-refractivity contribution in [2.75, 3.05) is 18.0 Å². The minimum Gasteiger partial charge on any atom is -0.772 e. The van der Waals surface area contributed by atoms with Gasteiger partial charge in [-0.25, -0.2) is 0 Å². The van der Waals surface area contributed by atoms with Crippen LogP contribution in [0, 0.1) is 0 Å². The van der Waals surface area contributed by atoms with E-state index in [1.165, 1.54) is 0 Å². The zero-order chi connectivity index (χ0) is 16.2. The van der Waals surface area contributed by atoms with E-state index in [1.807, 2.05) is 0 Å². The van der Waals surface area contributed by atoms with Crippen molar-refractivity contribution in [1.29, 1.82) is 0 Å². The molecule has 0 bridgehead atoms. The highest BCUT2D eigenvalue weighted by atomic mass is 35.5. The van der Waals surface area contributed by atoms with Gasteiger partial charge in [-0.05, 0) is 0 Å². The number of nitrogens with zero attached hydrogens (tertiary/aromatic N) is 6. The van der Waals surface area contributed by atoms with Gasteiger partial charge in [0.1, 0.15) is 0 Å². The number of hydrogen-bond acceptors (Lipinski definition) is 8. The van der Waals surface area contributed by atoms with Crippen LogP contribution in [0.2, 0.25) is 0 Å². The average molecular weight is 417 g/mol. The zero-order valence-corrected chi connectivity index (χ0v) is 14.2. The fourth-order valence-corrected chi connectivity index (χ4v) is 1.77. The lowest BCUT2D eigenvalue weighted by molar-refractivity contribution is -0.117. The van der Waals surface area contributed by atoms with Crippen molar-refractivity contribution in [2.45, 2.75) is 6.42 Å². The van der Waals surface area contributed by atoms with Gasteiger partial charge in [0.2, 0.25) is 5.91 Å². The predicted molar refractivity (Wildman–Crippen MR) is 79.9 cm³/mol. The van der Waals surface area contributed by atoms with E-state index in [9.17, 15) is 13.6 Å². The number of hydrogen-bond donors (Lipinski definition) is 0. The molecule has 15 heteroatoms. The second-order valence-electron chi connectivity index (χ2n) is 3.13. The summed E-state index contributed by atoms with van der Waals surface area (Å²) in [6, 6.07) is 0. The second-order valence-corrected chi connectivity index (χ2v) is 6.19. The fourth-order valence-electron chi connectivity index (χ4n) is 0.963. The third-order valence-corrected chi connectivity index (χ3v) is 3.26. The lowest BCUT2D eigenvalue weighted by atomic mass is 10.4. The van der Waals surface area contributed by atoms with Gasteiger partial charge in [0.15, 0.2) is 0 Å². The molecule has 0 aliphatic heterocycles. The van der Waals surface area contributed by atoms with Crippen LogP contribution in [0.15, 0.2) is 0 Å². The quantitative estimate of drug-likeness (QED) is 0.510. The summed E-state index contributed by atoms with van der Waals surface area (Å²) in [4.78, 5) is 22.7. The number of halogens is 5. The highest BCUT2D eigenvalue weighted by Crippen LogP contribution is 2.24. The van der Waals surface area contributed by atoms with Crippen molar-refractivity contribution in [2.24, 2.45) is 0 Å². The number of aromatic nitrogens is 3. The smallest absolute Gasteiger partial charge is 0.262 e. The Morgan fingerprint density at radius 2 is 1.43 bits per heavy atom. The Labute approximate surface area is 146 Å². The molecule has 9 nitrogen and oxygen atoms in total. The maximum Gasteiger partial charge on any atom is 0.262 e. The number of carbonyl (C=O) groups excluding carboxylic acids is 1. The standard InChI is InChI=1S/C6H5Cl5N6O3S/c7-15(3(18)1-2-21(19)20)4-12-5(16(8)9)14-6(13-4)17(10)11/h1-2H2,(H,19,20)/p-1. The molecule has 1 unspecified atom stereocenters. The maximum absolute atomic E-state index is 11.7. The summed E-state index contributed by atoms with van der Waals surface area (Å²) in [5, 5.41) is 0. The molecule has 118 valence electrons. The van der Waals surface area contributed by atoms with Gasteiger partial charge >= 0.3 is 0 Å². The molecule has 1 rings (SSSR count). The van der Waals surface area contributed by atoms with Crippen LogP contribution >= 0.6 is 58.9 Å². The summed E-state index contributed by atoms with van der Waals surface area (Å²) in [6.45, 7) is 0. The van der Waals surface area contributed by atoms with Gasteiger partial charge in [-0.1, -0.05) is 11.1 Å². The van der Waals surface area contributed by atoms with Crippen molar-refractivity contribution < 1.29 is 13.6 Å². The molecule has 0 saturated carbocycles. The first-order chi connectivity index (χ1) is 9.72. The average Bonchev–Trinajstić information content (AvgIpc) is 2.43. The number of amides is 1. The molecule has 0 fully saturated rings. The van der Waals surface area contributed by atoms with Crippen molar-refractivity contribution in [3.05, 3.63) is 0 Å². The summed E-state index contributed by atoms with van der Waals surface area (Å²) in [7, 11) is 0. The summed E-state index contributed by atoms with van der Waals surface area (Å²) in [6.07, 6.45) is -0.382. The summed E-state index contributed by atoms with van der Waals surface area (Å²) < 4.78 is 22.2. The summed E-state index contributed by atoms with van der Waals surface area (Å²) in [5.74, 6) is -2.21. The third kappa shape index (κ3) is 5.74. The monoisotopic (exact) mass is 415 g/mol. The van der Waals surface area contributed by atoms with Crippen molar-refractivity contribution in [1.82, 2.24) is 15.0 Å². The molecule has 0 spiro atoms. The molecule has 0 radical (unpaired) electrons. The molecule has 0 N–H and O–H groups in total. The number of rotatable bonds is 6. The highest BCUT2D eigenvalue weighted by molar-refractivity contribution is 7.79. The molecule has 0 aromatic carbocycles. The number of carbonyl (C=O) groups is 1. The van der Waals surface area contributed by atoms with Crippen LogP contribution < -0.4 is 12.3 Å². The maximum atomic E-state index is 11.7. The van der Waals surface area contributed by atoms with Crippen LogP contribution in [0.1, 0.15) is 6.42 Å². The van der Waals surface area contributed by atoms with E-state index in [4.69, 9.17) is 58.9 Å². The molecule has 0 aliphatic carbocycles. The Hall–Kier alpha value is -0.360. The third-order valence-electron chi connectivity index (χ3n) is 1.78. The van der Waals surface area contributed by atoms with E-state index in [1.54, 1.807) is 0 Å². The Morgan fingerprint density at radius 3 is 1.81 bits per heavy atom. The van der Waals surface area contributed by atoms with Gasteiger partial charge in [-0.2, -0.15) is 27.2 Å². The second kappa shape index (κ2) is 8.32. The number of anilines is 3. The van der Waals surface area contributed by atoms with E-state index >= 15 is 0 Å². The molecule has 0 aliphatic rings. The van der Waals surface area contributed by atoms with Crippen LogP contribution in [0.4, 0.5) is 17.8 Å². The first-order valence-electron chi connectivity index (χ1n) is 4.76. The Bertz CT molecular complexity index is 521. The Morgan fingerprint density at radius 1 is 1.00 bits per heavy atom. The van der Waals surface area contributed by atoms with Crippen molar-refractivity contribution >= 4 is 93.7 Å². The summed E-state index contributed by atoms with van der Waals surface area (Å²) in [5.41, 5.74) is 0. The molecule has 21 heavy (non-hydrogen) atoms. The molecule has 1 amide bonds. The van der Waals surface area contributed by atoms with E-state index in [0.29, 0.717) is 12.3 Å². The van der Waals surface area contributed by atoms with Gasteiger partial charge in [0.05, 0.1) is 0 Å². The molecule has 1 aromatic heterocycles. The molecular formula is C6H4Cl5N6O3S-. The van der Waals surface area contributed by atoms with Crippen molar-refractivity contribution in [3.63, 3.8) is 0 Å². The molecule has 1 heterocycles. The van der Waals surface area contributed by atoms with E-state index < -0.39 is 28.7 Å². The first kappa shape index (κ1) is 18.7. The van der Waals surface area contributed by atoms with Crippen LogP contribution in [0.5, 0.6) is 0 Å². The van der Waals surface area contributed by atoms with Crippen molar-refractivity contribution in [3.8, 4) is 0 Å². The minimum atomic E-state index is -2.39. The molecular weight excluding hydrogens is 413 g/mol. The predicted octanol–water partition coefficient (Wildman–Crippen LogP) is 1.86.